The molecule has 3 aromatic rings. The minimum atomic E-state index is -3.28. The Morgan fingerprint density at radius 1 is 1.19 bits per heavy atom. The number of primary amides is 1. The van der Waals surface area contributed by atoms with Gasteiger partial charge >= 0.3 is 0 Å². The number of fused-ring (bicyclic) bond motifs is 1. The molecule has 0 spiro atoms. The standard InChI is InChI=1S/C23H31N9O3S.H2/c1-36(34,35)32-8-2-3-16(14-32)28-21-17(19-13-26-22-18(29-19)4-7-25-22)12-27-23(30-21)31-9-5-15(6-10-31)11-20(24)33;/h4,7,12-13,15-16H,2-3,5-6,8-11,14H2,1H3,(H2,24,33)(H,25,26)(H,27,28,30);1H/t16-;/m0./s1. The molecule has 0 saturated carbocycles. The number of piperidine rings is 2. The number of carbonyl (C=O) groups excluding carboxylic acids is 1. The second kappa shape index (κ2) is 9.97. The lowest BCUT2D eigenvalue weighted by molar-refractivity contribution is -0.119. The summed E-state index contributed by atoms with van der Waals surface area (Å²) in [7, 11) is -3.28. The summed E-state index contributed by atoms with van der Waals surface area (Å²) in [6, 6.07) is 1.76. The van der Waals surface area contributed by atoms with E-state index < -0.39 is 10.0 Å². The highest BCUT2D eigenvalue weighted by Gasteiger charge is 2.28. The van der Waals surface area contributed by atoms with E-state index in [0.29, 0.717) is 48.2 Å². The van der Waals surface area contributed by atoms with Gasteiger partial charge in [-0.05, 0) is 37.7 Å². The minimum Gasteiger partial charge on any atom is -0.370 e. The van der Waals surface area contributed by atoms with Gasteiger partial charge in [-0.2, -0.15) is 4.98 Å². The van der Waals surface area contributed by atoms with Crippen LogP contribution in [0.4, 0.5) is 11.8 Å². The third-order valence-corrected chi connectivity index (χ3v) is 8.16. The Bertz CT molecular complexity index is 1360. The molecule has 13 heteroatoms. The van der Waals surface area contributed by atoms with Crippen LogP contribution in [0.15, 0.2) is 24.7 Å². The molecule has 1 amide bonds. The number of nitrogens with zero attached hydrogens (tertiary/aromatic N) is 6. The second-order valence-electron chi connectivity index (χ2n) is 9.60. The number of nitrogens with one attached hydrogen (secondary N) is 2. The van der Waals surface area contributed by atoms with E-state index in [9.17, 15) is 13.2 Å². The zero-order valence-electron chi connectivity index (χ0n) is 20.2. The number of hydrogen-bond donors (Lipinski definition) is 3. The molecule has 1 atom stereocenters. The largest absolute Gasteiger partial charge is 0.370 e. The summed E-state index contributed by atoms with van der Waals surface area (Å²) in [4.78, 5) is 35.1. The molecule has 5 heterocycles. The number of hydrogen-bond acceptors (Lipinski definition) is 9. The van der Waals surface area contributed by atoms with Gasteiger partial charge in [0.1, 0.15) is 11.3 Å². The Morgan fingerprint density at radius 3 is 2.75 bits per heavy atom. The average Bonchev–Trinajstić information content (AvgIpc) is 3.32. The molecule has 12 nitrogen and oxygen atoms in total. The molecule has 2 aliphatic rings. The summed E-state index contributed by atoms with van der Waals surface area (Å²) in [5.74, 6) is 1.20. The maximum absolute atomic E-state index is 12.1. The van der Waals surface area contributed by atoms with Gasteiger partial charge in [0, 0.05) is 52.5 Å². The summed E-state index contributed by atoms with van der Waals surface area (Å²) in [5, 5.41) is 3.49. The van der Waals surface area contributed by atoms with Crippen molar-refractivity contribution in [1.82, 2.24) is 29.2 Å². The summed E-state index contributed by atoms with van der Waals surface area (Å²) >= 11 is 0. The molecule has 0 radical (unpaired) electrons. The number of amides is 1. The Labute approximate surface area is 211 Å². The summed E-state index contributed by atoms with van der Waals surface area (Å²) in [6.45, 7) is 2.36. The number of aromatic nitrogens is 5. The van der Waals surface area contributed by atoms with Crippen LogP contribution in [0.1, 0.15) is 33.5 Å². The van der Waals surface area contributed by atoms with Gasteiger partial charge in [-0.1, -0.05) is 0 Å². The minimum absolute atomic E-state index is 0. The summed E-state index contributed by atoms with van der Waals surface area (Å²) in [6.07, 6.45) is 10.1. The van der Waals surface area contributed by atoms with Gasteiger partial charge in [0.15, 0.2) is 5.65 Å². The van der Waals surface area contributed by atoms with Crippen molar-refractivity contribution < 1.29 is 14.6 Å². The van der Waals surface area contributed by atoms with Crippen molar-refractivity contribution in [2.75, 3.05) is 42.7 Å². The van der Waals surface area contributed by atoms with Crippen molar-refractivity contribution in [3.63, 3.8) is 0 Å². The number of H-pyrrole nitrogens is 1. The number of anilines is 2. The number of aromatic amines is 1. The molecular formula is C23H33N9O3S. The monoisotopic (exact) mass is 515 g/mol. The molecule has 5 rings (SSSR count). The highest BCUT2D eigenvalue weighted by atomic mass is 32.2. The van der Waals surface area contributed by atoms with E-state index in [4.69, 9.17) is 15.7 Å². The number of nitrogens with two attached hydrogens (primary N) is 1. The van der Waals surface area contributed by atoms with Crippen LogP contribution in [0.25, 0.3) is 22.4 Å². The predicted molar refractivity (Wildman–Crippen MR) is 139 cm³/mol. The molecule has 2 fully saturated rings. The van der Waals surface area contributed by atoms with Gasteiger partial charge in [0.25, 0.3) is 0 Å². The number of carbonyl (C=O) groups is 1. The highest BCUT2D eigenvalue weighted by Crippen LogP contribution is 2.30. The topological polar surface area (TPSA) is 163 Å². The molecule has 0 bridgehead atoms. The predicted octanol–water partition coefficient (Wildman–Crippen LogP) is 1.59. The van der Waals surface area contributed by atoms with Gasteiger partial charge in [0.05, 0.1) is 23.7 Å². The van der Waals surface area contributed by atoms with Crippen LogP contribution in [-0.2, 0) is 14.8 Å². The van der Waals surface area contributed by atoms with Crippen molar-refractivity contribution in [3.05, 3.63) is 24.7 Å². The van der Waals surface area contributed by atoms with E-state index in [1.165, 1.54) is 10.6 Å². The van der Waals surface area contributed by atoms with Crippen LogP contribution >= 0.6 is 0 Å². The smallest absolute Gasteiger partial charge is 0.227 e. The normalized spacial score (nSPS) is 20.0. The molecule has 4 N–H and O–H groups in total. The first-order valence-corrected chi connectivity index (χ1v) is 14.0. The average molecular weight is 516 g/mol. The molecule has 194 valence electrons. The fourth-order valence-electron chi connectivity index (χ4n) is 4.96. The molecule has 0 aromatic carbocycles. The maximum Gasteiger partial charge on any atom is 0.227 e. The Balaban J connectivity index is 0.00000320. The lowest BCUT2D eigenvalue weighted by atomic mass is 9.93. The Hall–Kier alpha value is -3.32. The SMILES string of the molecule is CS(=O)(=O)N1CCC[C@H](Nc2nc(N3CCC(CC(N)=O)CC3)ncc2-c2cnc3[nH]ccc3n2)C1.[HH]. The molecule has 36 heavy (non-hydrogen) atoms. The number of sulfonamides is 1. The molecule has 0 unspecified atom stereocenters. The first-order valence-electron chi connectivity index (χ1n) is 12.2. The summed E-state index contributed by atoms with van der Waals surface area (Å²) < 4.78 is 25.8. The van der Waals surface area contributed by atoms with Crippen LogP contribution in [0.2, 0.25) is 0 Å². The Morgan fingerprint density at radius 2 is 2.00 bits per heavy atom. The third-order valence-electron chi connectivity index (χ3n) is 6.89. The Kier molecular flexibility index (Phi) is 6.75. The van der Waals surface area contributed by atoms with Crippen LogP contribution in [0.3, 0.4) is 0 Å². The zero-order valence-corrected chi connectivity index (χ0v) is 21.0. The molecule has 3 aromatic heterocycles. The van der Waals surface area contributed by atoms with Gasteiger partial charge in [-0.15, -0.1) is 0 Å². The highest BCUT2D eigenvalue weighted by molar-refractivity contribution is 7.88. The second-order valence-corrected chi connectivity index (χ2v) is 11.6. The fraction of sp³-hybridized carbons (Fsp3) is 0.522. The van der Waals surface area contributed by atoms with Crippen LogP contribution < -0.4 is 16.0 Å². The van der Waals surface area contributed by atoms with Crippen LogP contribution in [0, 0.1) is 5.92 Å². The van der Waals surface area contributed by atoms with Crippen LogP contribution in [0.5, 0.6) is 0 Å². The van der Waals surface area contributed by atoms with Crippen molar-refractivity contribution in [1.29, 1.82) is 0 Å². The zero-order chi connectivity index (χ0) is 25.3. The summed E-state index contributed by atoms with van der Waals surface area (Å²) in [5.41, 5.74) is 8.14. The lowest BCUT2D eigenvalue weighted by Gasteiger charge is -2.33. The van der Waals surface area contributed by atoms with E-state index in [2.05, 4.69) is 25.2 Å². The van der Waals surface area contributed by atoms with E-state index in [0.717, 1.165) is 44.3 Å². The van der Waals surface area contributed by atoms with Crippen molar-refractivity contribution in [2.45, 2.75) is 38.1 Å². The lowest BCUT2D eigenvalue weighted by Crippen LogP contribution is -2.44. The van der Waals surface area contributed by atoms with Gasteiger partial charge in [0.2, 0.25) is 21.9 Å². The quantitative estimate of drug-likeness (QED) is 0.424. The maximum atomic E-state index is 12.1. The molecule has 2 saturated heterocycles. The van der Waals surface area contributed by atoms with Crippen LogP contribution in [-0.4, -0.2) is 82.0 Å². The molecule has 0 aliphatic carbocycles. The van der Waals surface area contributed by atoms with E-state index in [1.54, 1.807) is 18.6 Å². The van der Waals surface area contributed by atoms with E-state index in [-0.39, 0.29) is 19.3 Å². The molecular weight excluding hydrogens is 482 g/mol. The van der Waals surface area contributed by atoms with Crippen molar-refractivity contribution >= 4 is 38.9 Å². The van der Waals surface area contributed by atoms with E-state index in [1.807, 2.05) is 6.07 Å². The van der Waals surface area contributed by atoms with Crippen molar-refractivity contribution in [3.8, 4) is 11.3 Å². The van der Waals surface area contributed by atoms with Gasteiger partial charge in [-0.3, -0.25) is 4.79 Å². The fourth-order valence-corrected chi connectivity index (χ4v) is 5.87. The van der Waals surface area contributed by atoms with Gasteiger partial charge in [-0.25, -0.2) is 27.7 Å². The molecule has 2 aliphatic heterocycles. The first kappa shape index (κ1) is 24.4. The first-order chi connectivity index (χ1) is 17.3. The third kappa shape index (κ3) is 5.41. The van der Waals surface area contributed by atoms with Crippen molar-refractivity contribution in [2.24, 2.45) is 11.7 Å². The van der Waals surface area contributed by atoms with Gasteiger partial charge < -0.3 is 20.9 Å². The number of rotatable bonds is 7. The van der Waals surface area contributed by atoms with E-state index >= 15 is 0 Å².